The highest BCUT2D eigenvalue weighted by molar-refractivity contribution is 9.10. The van der Waals surface area contributed by atoms with E-state index in [1.54, 1.807) is 24.3 Å². The number of furan rings is 1. The maximum atomic E-state index is 12.2. The molecular formula is C17H17BrN2O4. The average molecular weight is 393 g/mol. The van der Waals surface area contributed by atoms with Gasteiger partial charge in [-0.3, -0.25) is 9.59 Å². The molecule has 2 aromatic rings. The van der Waals surface area contributed by atoms with Crippen LogP contribution in [0.2, 0.25) is 0 Å². The van der Waals surface area contributed by atoms with Crippen LogP contribution < -0.4 is 10.2 Å². The summed E-state index contributed by atoms with van der Waals surface area (Å²) in [4.78, 5) is 26.3. The van der Waals surface area contributed by atoms with Gasteiger partial charge in [0.1, 0.15) is 0 Å². The van der Waals surface area contributed by atoms with E-state index in [1.807, 2.05) is 12.1 Å². The molecule has 6 nitrogen and oxygen atoms in total. The van der Waals surface area contributed by atoms with E-state index >= 15 is 0 Å². The second kappa shape index (κ2) is 7.63. The number of rotatable bonds is 5. The van der Waals surface area contributed by atoms with E-state index in [0.717, 1.165) is 32.0 Å². The van der Waals surface area contributed by atoms with Crippen LogP contribution in [0.15, 0.2) is 45.5 Å². The van der Waals surface area contributed by atoms with Gasteiger partial charge >= 0.3 is 0 Å². The molecule has 7 heteroatoms. The summed E-state index contributed by atoms with van der Waals surface area (Å²) in [7, 11) is 0. The molecule has 0 bridgehead atoms. The smallest absolute Gasteiger partial charge is 0.287 e. The lowest BCUT2D eigenvalue weighted by atomic mass is 10.1. The monoisotopic (exact) mass is 392 g/mol. The number of amides is 1. The number of carbonyl (C=O) groups is 2. The Bertz CT molecular complexity index is 720. The molecule has 1 saturated heterocycles. The third-order valence-electron chi connectivity index (χ3n) is 3.77. The Kier molecular flexibility index (Phi) is 5.32. The van der Waals surface area contributed by atoms with Crippen molar-refractivity contribution in [3.63, 3.8) is 0 Å². The van der Waals surface area contributed by atoms with Crippen LogP contribution in [-0.2, 0) is 4.74 Å². The summed E-state index contributed by atoms with van der Waals surface area (Å²) in [6, 6.07) is 10.6. The third kappa shape index (κ3) is 4.04. The van der Waals surface area contributed by atoms with Gasteiger partial charge in [-0.15, -0.1) is 0 Å². The minimum absolute atomic E-state index is 0.0753. The zero-order valence-corrected chi connectivity index (χ0v) is 14.5. The number of ether oxygens (including phenoxy) is 1. The van der Waals surface area contributed by atoms with Gasteiger partial charge in [-0.1, -0.05) is 0 Å². The van der Waals surface area contributed by atoms with Crippen molar-refractivity contribution < 1.29 is 18.7 Å². The minimum atomic E-state index is -0.418. The molecule has 1 fully saturated rings. The van der Waals surface area contributed by atoms with E-state index in [9.17, 15) is 9.59 Å². The van der Waals surface area contributed by atoms with Gasteiger partial charge in [-0.25, -0.2) is 0 Å². The van der Waals surface area contributed by atoms with Crippen molar-refractivity contribution in [3.05, 3.63) is 52.4 Å². The zero-order chi connectivity index (χ0) is 16.9. The lowest BCUT2D eigenvalue weighted by molar-refractivity contribution is 0.0884. The summed E-state index contributed by atoms with van der Waals surface area (Å²) in [5, 5.41) is 2.56. The number of Topliss-reactive ketones (excluding diaryl/α,β-unsaturated/α-hetero) is 1. The molecule has 1 aromatic heterocycles. The van der Waals surface area contributed by atoms with Crippen LogP contribution in [0.25, 0.3) is 0 Å². The van der Waals surface area contributed by atoms with Gasteiger partial charge < -0.3 is 19.4 Å². The number of ketones is 1. The molecule has 0 radical (unpaired) electrons. The van der Waals surface area contributed by atoms with Crippen molar-refractivity contribution in [3.8, 4) is 0 Å². The van der Waals surface area contributed by atoms with E-state index in [-0.39, 0.29) is 18.1 Å². The first-order valence-corrected chi connectivity index (χ1v) is 8.42. The summed E-state index contributed by atoms with van der Waals surface area (Å²) in [6.45, 7) is 3.06. The first kappa shape index (κ1) is 16.7. The second-order valence-electron chi connectivity index (χ2n) is 5.36. The molecule has 0 spiro atoms. The van der Waals surface area contributed by atoms with Crippen molar-refractivity contribution in [2.75, 3.05) is 37.7 Å². The van der Waals surface area contributed by atoms with Crippen LogP contribution in [0.1, 0.15) is 20.9 Å². The molecule has 126 valence electrons. The van der Waals surface area contributed by atoms with E-state index in [4.69, 9.17) is 9.15 Å². The predicted molar refractivity (Wildman–Crippen MR) is 92.5 cm³/mol. The van der Waals surface area contributed by atoms with E-state index in [2.05, 4.69) is 26.1 Å². The second-order valence-corrected chi connectivity index (χ2v) is 6.14. The number of halogens is 1. The molecule has 1 amide bonds. The number of morpholine rings is 1. The quantitative estimate of drug-likeness (QED) is 0.791. The Morgan fingerprint density at radius 3 is 2.42 bits per heavy atom. The number of hydrogen-bond donors (Lipinski definition) is 1. The highest BCUT2D eigenvalue weighted by Crippen LogP contribution is 2.17. The molecule has 0 saturated carbocycles. The standard InChI is InChI=1S/C17H17BrN2O4/c18-16-6-5-15(24-16)17(22)19-11-14(21)12-1-3-13(4-2-12)20-7-9-23-10-8-20/h1-6H,7-11H2,(H,19,22). The van der Waals surface area contributed by atoms with Crippen molar-refractivity contribution in [2.45, 2.75) is 0 Å². The summed E-state index contributed by atoms with van der Waals surface area (Å²) < 4.78 is 10.9. The first-order chi connectivity index (χ1) is 11.6. The number of carbonyl (C=O) groups excluding carboxylic acids is 2. The topological polar surface area (TPSA) is 71.8 Å². The third-order valence-corrected chi connectivity index (χ3v) is 4.20. The fourth-order valence-corrected chi connectivity index (χ4v) is 2.77. The molecule has 2 heterocycles. The van der Waals surface area contributed by atoms with Crippen molar-refractivity contribution in [2.24, 2.45) is 0 Å². The lowest BCUT2D eigenvalue weighted by Crippen LogP contribution is -2.36. The van der Waals surface area contributed by atoms with Crippen LogP contribution in [0, 0.1) is 0 Å². The Morgan fingerprint density at radius 2 is 1.79 bits per heavy atom. The molecule has 1 aromatic carbocycles. The van der Waals surface area contributed by atoms with E-state index in [0.29, 0.717) is 10.2 Å². The Morgan fingerprint density at radius 1 is 1.08 bits per heavy atom. The van der Waals surface area contributed by atoms with Crippen molar-refractivity contribution in [1.82, 2.24) is 5.32 Å². The van der Waals surface area contributed by atoms with Gasteiger partial charge in [-0.2, -0.15) is 0 Å². The molecule has 1 N–H and O–H groups in total. The molecule has 1 aliphatic rings. The van der Waals surface area contributed by atoms with Crippen LogP contribution in [-0.4, -0.2) is 44.5 Å². The van der Waals surface area contributed by atoms with E-state index in [1.165, 1.54) is 0 Å². The van der Waals surface area contributed by atoms with Crippen LogP contribution in [0.5, 0.6) is 0 Å². The van der Waals surface area contributed by atoms with Crippen LogP contribution >= 0.6 is 15.9 Å². The van der Waals surface area contributed by atoms with Gasteiger partial charge in [0.05, 0.1) is 19.8 Å². The minimum Gasteiger partial charge on any atom is -0.444 e. The fourth-order valence-electron chi connectivity index (χ4n) is 2.47. The summed E-state index contributed by atoms with van der Waals surface area (Å²) in [5.74, 6) is -0.404. The molecule has 0 unspecified atom stereocenters. The largest absolute Gasteiger partial charge is 0.444 e. The van der Waals surface area contributed by atoms with Gasteiger partial charge in [-0.05, 0) is 52.3 Å². The SMILES string of the molecule is O=C(CNC(=O)c1ccc(Br)o1)c1ccc(N2CCOCC2)cc1. The fraction of sp³-hybridized carbons (Fsp3) is 0.294. The maximum Gasteiger partial charge on any atom is 0.287 e. The Hall–Kier alpha value is -2.12. The number of anilines is 1. The number of benzene rings is 1. The van der Waals surface area contributed by atoms with Crippen molar-refractivity contribution >= 4 is 33.3 Å². The molecular weight excluding hydrogens is 376 g/mol. The van der Waals surface area contributed by atoms with E-state index < -0.39 is 5.91 Å². The first-order valence-electron chi connectivity index (χ1n) is 7.63. The zero-order valence-electron chi connectivity index (χ0n) is 13.0. The summed E-state index contributed by atoms with van der Waals surface area (Å²) in [6.07, 6.45) is 0. The average Bonchev–Trinajstić information content (AvgIpc) is 3.07. The number of nitrogens with zero attached hydrogens (tertiary/aromatic N) is 1. The summed E-state index contributed by atoms with van der Waals surface area (Å²) >= 11 is 3.13. The normalized spacial score (nSPS) is 14.5. The Labute approximate surface area is 147 Å². The highest BCUT2D eigenvalue weighted by Gasteiger charge is 2.14. The summed E-state index contributed by atoms with van der Waals surface area (Å²) in [5.41, 5.74) is 1.63. The molecule has 0 aliphatic carbocycles. The maximum absolute atomic E-state index is 12.2. The van der Waals surface area contributed by atoms with Gasteiger partial charge in [0.15, 0.2) is 16.2 Å². The van der Waals surface area contributed by atoms with Gasteiger partial charge in [0.2, 0.25) is 0 Å². The van der Waals surface area contributed by atoms with Gasteiger partial charge in [0.25, 0.3) is 5.91 Å². The number of nitrogens with one attached hydrogen (secondary N) is 1. The molecule has 3 rings (SSSR count). The number of hydrogen-bond acceptors (Lipinski definition) is 5. The van der Waals surface area contributed by atoms with Gasteiger partial charge in [0, 0.05) is 24.3 Å². The predicted octanol–water partition coefficient (Wildman–Crippen LogP) is 2.49. The molecule has 1 aliphatic heterocycles. The highest BCUT2D eigenvalue weighted by atomic mass is 79.9. The lowest BCUT2D eigenvalue weighted by Gasteiger charge is -2.28. The Balaban J connectivity index is 1.55. The van der Waals surface area contributed by atoms with Crippen molar-refractivity contribution in [1.29, 1.82) is 0 Å². The molecule has 24 heavy (non-hydrogen) atoms. The van der Waals surface area contributed by atoms with Crippen LogP contribution in [0.4, 0.5) is 5.69 Å². The van der Waals surface area contributed by atoms with Crippen LogP contribution in [0.3, 0.4) is 0 Å². The molecule has 0 atom stereocenters.